The van der Waals surface area contributed by atoms with Gasteiger partial charge in [0.15, 0.2) is 0 Å². The SMILES string of the molecule is CC(=O)Nc1ccc(C(F)(F)F)c(OC(C)C2CCCN2)c1. The van der Waals surface area contributed by atoms with Crippen molar-refractivity contribution in [2.24, 2.45) is 0 Å². The summed E-state index contributed by atoms with van der Waals surface area (Å²) < 4.78 is 44.8. The lowest BCUT2D eigenvalue weighted by Gasteiger charge is -2.23. The van der Waals surface area contributed by atoms with Crippen molar-refractivity contribution in [1.82, 2.24) is 5.32 Å². The summed E-state index contributed by atoms with van der Waals surface area (Å²) in [5.74, 6) is -0.615. The van der Waals surface area contributed by atoms with E-state index in [0.29, 0.717) is 0 Å². The molecule has 0 saturated carbocycles. The van der Waals surface area contributed by atoms with Crippen LogP contribution in [-0.4, -0.2) is 24.6 Å². The second-order valence-electron chi connectivity index (χ2n) is 5.42. The third kappa shape index (κ3) is 4.13. The van der Waals surface area contributed by atoms with Crippen LogP contribution in [-0.2, 0) is 11.0 Å². The molecule has 2 unspecified atom stereocenters. The van der Waals surface area contributed by atoms with Crippen molar-refractivity contribution >= 4 is 11.6 Å². The molecule has 1 aliphatic heterocycles. The van der Waals surface area contributed by atoms with Crippen LogP contribution in [0.25, 0.3) is 0 Å². The lowest BCUT2D eigenvalue weighted by atomic mass is 10.1. The molecule has 0 aliphatic carbocycles. The van der Waals surface area contributed by atoms with Gasteiger partial charge in [0.2, 0.25) is 5.91 Å². The number of halogens is 3. The molecule has 1 aromatic carbocycles. The minimum Gasteiger partial charge on any atom is -0.488 e. The molecule has 1 fully saturated rings. The third-order valence-corrected chi connectivity index (χ3v) is 3.59. The number of carbonyl (C=O) groups excluding carboxylic acids is 1. The van der Waals surface area contributed by atoms with Gasteiger partial charge in [-0.25, -0.2) is 0 Å². The molecule has 4 nitrogen and oxygen atoms in total. The zero-order chi connectivity index (χ0) is 16.3. The third-order valence-electron chi connectivity index (χ3n) is 3.59. The van der Waals surface area contributed by atoms with E-state index in [9.17, 15) is 18.0 Å². The Bertz CT molecular complexity index is 540. The fourth-order valence-corrected chi connectivity index (χ4v) is 2.53. The zero-order valence-electron chi connectivity index (χ0n) is 12.5. The fraction of sp³-hybridized carbons (Fsp3) is 0.533. The molecular formula is C15H19F3N2O2. The molecule has 2 N–H and O–H groups in total. The summed E-state index contributed by atoms with van der Waals surface area (Å²) in [4.78, 5) is 11.1. The zero-order valence-corrected chi connectivity index (χ0v) is 12.5. The van der Waals surface area contributed by atoms with Crippen LogP contribution in [0.1, 0.15) is 32.3 Å². The molecule has 1 amide bonds. The lowest BCUT2D eigenvalue weighted by Crippen LogP contribution is -2.36. The molecule has 1 heterocycles. The maximum absolute atomic E-state index is 13.1. The predicted octanol–water partition coefficient (Wildman–Crippen LogP) is 3.18. The van der Waals surface area contributed by atoms with Crippen LogP contribution in [0.4, 0.5) is 18.9 Å². The fourth-order valence-electron chi connectivity index (χ4n) is 2.53. The minimum absolute atomic E-state index is 0.0329. The lowest BCUT2D eigenvalue weighted by molar-refractivity contribution is -0.139. The number of nitrogens with one attached hydrogen (secondary N) is 2. The van der Waals surface area contributed by atoms with E-state index >= 15 is 0 Å². The van der Waals surface area contributed by atoms with Gasteiger partial charge in [-0.3, -0.25) is 4.79 Å². The van der Waals surface area contributed by atoms with Crippen molar-refractivity contribution in [3.05, 3.63) is 23.8 Å². The molecule has 0 aromatic heterocycles. The first-order chi connectivity index (χ1) is 10.3. The van der Waals surface area contributed by atoms with Gasteiger partial charge in [0, 0.05) is 24.7 Å². The molecule has 22 heavy (non-hydrogen) atoms. The van der Waals surface area contributed by atoms with E-state index < -0.39 is 17.8 Å². The van der Waals surface area contributed by atoms with E-state index in [1.165, 1.54) is 19.1 Å². The van der Waals surface area contributed by atoms with E-state index in [4.69, 9.17) is 4.74 Å². The Morgan fingerprint density at radius 2 is 2.18 bits per heavy atom. The van der Waals surface area contributed by atoms with Crippen molar-refractivity contribution in [3.63, 3.8) is 0 Å². The summed E-state index contributed by atoms with van der Waals surface area (Å²) in [7, 11) is 0. The summed E-state index contributed by atoms with van der Waals surface area (Å²) in [6.07, 6.45) is -3.05. The highest BCUT2D eigenvalue weighted by Crippen LogP contribution is 2.38. The van der Waals surface area contributed by atoms with E-state index in [1.807, 2.05) is 0 Å². The Balaban J connectivity index is 2.25. The van der Waals surface area contributed by atoms with E-state index in [2.05, 4.69) is 10.6 Å². The van der Waals surface area contributed by atoms with Crippen molar-refractivity contribution < 1.29 is 22.7 Å². The summed E-state index contributed by atoms with van der Waals surface area (Å²) in [6.45, 7) is 3.88. The number of amides is 1. The average molecular weight is 316 g/mol. The molecule has 1 saturated heterocycles. The molecular weight excluding hydrogens is 297 g/mol. The highest BCUT2D eigenvalue weighted by atomic mass is 19.4. The number of hydrogen-bond acceptors (Lipinski definition) is 3. The van der Waals surface area contributed by atoms with Crippen LogP contribution in [0.5, 0.6) is 5.75 Å². The number of hydrogen-bond donors (Lipinski definition) is 2. The molecule has 122 valence electrons. The summed E-state index contributed by atoms with van der Waals surface area (Å²) in [6, 6.07) is 3.39. The van der Waals surface area contributed by atoms with Gasteiger partial charge in [0.25, 0.3) is 0 Å². The Morgan fingerprint density at radius 3 is 2.73 bits per heavy atom. The van der Waals surface area contributed by atoms with Gasteiger partial charge in [-0.2, -0.15) is 13.2 Å². The van der Waals surface area contributed by atoms with Crippen LogP contribution in [0, 0.1) is 0 Å². The largest absolute Gasteiger partial charge is 0.488 e. The highest BCUT2D eigenvalue weighted by molar-refractivity contribution is 5.88. The second kappa shape index (κ2) is 6.56. The van der Waals surface area contributed by atoms with Crippen LogP contribution in [0.2, 0.25) is 0 Å². The van der Waals surface area contributed by atoms with Crippen LogP contribution in [0.3, 0.4) is 0 Å². The Kier molecular flexibility index (Phi) is 4.95. The Hall–Kier alpha value is -1.76. The first-order valence-corrected chi connectivity index (χ1v) is 7.16. The van der Waals surface area contributed by atoms with E-state index in [-0.39, 0.29) is 23.4 Å². The van der Waals surface area contributed by atoms with Gasteiger partial charge in [-0.05, 0) is 38.4 Å². The van der Waals surface area contributed by atoms with Crippen LogP contribution in [0.15, 0.2) is 18.2 Å². The molecule has 2 atom stereocenters. The van der Waals surface area contributed by atoms with Gasteiger partial charge in [0.05, 0.1) is 5.56 Å². The smallest absolute Gasteiger partial charge is 0.419 e. The Morgan fingerprint density at radius 1 is 1.45 bits per heavy atom. The average Bonchev–Trinajstić information content (AvgIpc) is 2.90. The van der Waals surface area contributed by atoms with Gasteiger partial charge in [-0.15, -0.1) is 0 Å². The molecule has 0 bridgehead atoms. The quantitative estimate of drug-likeness (QED) is 0.897. The molecule has 0 radical (unpaired) electrons. The number of alkyl halides is 3. The van der Waals surface area contributed by atoms with Crippen molar-refractivity contribution in [1.29, 1.82) is 0 Å². The number of carbonyl (C=O) groups is 1. The maximum Gasteiger partial charge on any atom is 0.419 e. The number of rotatable bonds is 4. The van der Waals surface area contributed by atoms with Crippen molar-refractivity contribution in [3.8, 4) is 5.75 Å². The summed E-state index contributed by atoms with van der Waals surface area (Å²) in [5.41, 5.74) is -0.562. The van der Waals surface area contributed by atoms with Gasteiger partial charge < -0.3 is 15.4 Å². The van der Waals surface area contributed by atoms with E-state index in [1.54, 1.807) is 6.92 Å². The van der Waals surface area contributed by atoms with Crippen LogP contribution < -0.4 is 15.4 Å². The molecule has 1 aliphatic rings. The minimum atomic E-state index is -4.51. The monoisotopic (exact) mass is 316 g/mol. The first-order valence-electron chi connectivity index (χ1n) is 7.16. The van der Waals surface area contributed by atoms with E-state index in [0.717, 1.165) is 25.5 Å². The summed E-state index contributed by atoms with van der Waals surface area (Å²) >= 11 is 0. The molecule has 1 aromatic rings. The van der Waals surface area contributed by atoms with Gasteiger partial charge >= 0.3 is 6.18 Å². The Labute approximate surface area is 127 Å². The number of ether oxygens (including phenoxy) is 1. The number of benzene rings is 1. The molecule has 0 spiro atoms. The standard InChI is InChI=1S/C15H19F3N2O2/c1-9(13-4-3-7-19-13)22-14-8-11(20-10(2)21)5-6-12(14)15(16,17)18/h5-6,8-9,13,19H,3-4,7H2,1-2H3,(H,20,21). The van der Waals surface area contributed by atoms with Gasteiger partial charge in [0.1, 0.15) is 11.9 Å². The van der Waals surface area contributed by atoms with Gasteiger partial charge in [-0.1, -0.05) is 0 Å². The summed E-state index contributed by atoms with van der Waals surface area (Å²) in [5, 5.41) is 5.67. The predicted molar refractivity (Wildman–Crippen MR) is 76.9 cm³/mol. The van der Waals surface area contributed by atoms with Crippen molar-refractivity contribution in [2.45, 2.75) is 45.0 Å². The topological polar surface area (TPSA) is 50.4 Å². The highest BCUT2D eigenvalue weighted by Gasteiger charge is 2.35. The first kappa shape index (κ1) is 16.6. The van der Waals surface area contributed by atoms with Crippen LogP contribution >= 0.6 is 0 Å². The van der Waals surface area contributed by atoms with Crippen molar-refractivity contribution in [2.75, 3.05) is 11.9 Å². The number of anilines is 1. The molecule has 2 rings (SSSR count). The normalized spacial score (nSPS) is 19.8. The maximum atomic E-state index is 13.1. The molecule has 7 heteroatoms. The second-order valence-corrected chi connectivity index (χ2v) is 5.42.